The van der Waals surface area contributed by atoms with Crippen molar-refractivity contribution in [3.05, 3.63) is 31.5 Å². The maximum absolute atomic E-state index is 12.6. The number of rotatable bonds is 5. The molecule has 0 aliphatic carbocycles. The topological polar surface area (TPSA) is 50.3 Å². The van der Waals surface area contributed by atoms with Crippen molar-refractivity contribution in [1.82, 2.24) is 9.29 Å². The second kappa shape index (κ2) is 6.29. The third kappa shape index (κ3) is 3.35. The van der Waals surface area contributed by atoms with Crippen molar-refractivity contribution in [2.75, 3.05) is 6.54 Å². The van der Waals surface area contributed by atoms with Crippen LogP contribution >= 0.6 is 45.9 Å². The molecular weight excluding hydrogens is 359 g/mol. The largest absolute Gasteiger partial charge is 0.254 e. The Morgan fingerprint density at radius 1 is 1.30 bits per heavy atom. The van der Waals surface area contributed by atoms with Crippen molar-refractivity contribution < 1.29 is 8.42 Å². The molecule has 0 saturated heterocycles. The average molecular weight is 371 g/mol. The van der Waals surface area contributed by atoms with E-state index in [1.807, 2.05) is 6.07 Å². The Bertz CT molecular complexity index is 709. The molecule has 0 spiro atoms. The minimum absolute atomic E-state index is 0.201. The Balaban J connectivity index is 2.32. The molecule has 20 heavy (non-hydrogen) atoms. The molecule has 110 valence electrons. The molecule has 0 atom stereocenters. The third-order valence-corrected chi connectivity index (χ3v) is 7.60. The number of sulfonamides is 1. The number of nitrogens with zero attached hydrogens (tertiary/aromatic N) is 2. The minimum atomic E-state index is -3.58. The first-order valence-electron chi connectivity index (χ1n) is 5.72. The molecule has 0 N–H and O–H groups in total. The van der Waals surface area contributed by atoms with Crippen LogP contribution in [0.5, 0.6) is 0 Å². The summed E-state index contributed by atoms with van der Waals surface area (Å²) in [6.45, 7) is 4.11. The first-order valence-corrected chi connectivity index (χ1v) is 9.54. The van der Waals surface area contributed by atoms with Gasteiger partial charge in [0.2, 0.25) is 0 Å². The molecule has 4 nitrogen and oxygen atoms in total. The quantitative estimate of drug-likeness (QED) is 0.797. The van der Waals surface area contributed by atoms with Gasteiger partial charge in [-0.3, -0.25) is 0 Å². The highest BCUT2D eigenvalue weighted by atomic mass is 35.5. The summed E-state index contributed by atoms with van der Waals surface area (Å²) in [5, 5.41) is 0. The Kier molecular flexibility index (Phi) is 5.09. The van der Waals surface area contributed by atoms with Crippen LogP contribution in [0.1, 0.15) is 17.5 Å². The number of halogens is 2. The lowest BCUT2D eigenvalue weighted by Gasteiger charge is -2.18. The van der Waals surface area contributed by atoms with E-state index >= 15 is 0 Å². The number of aryl methyl sites for hydroxylation is 1. The molecule has 0 aromatic carbocycles. The molecule has 0 aliphatic heterocycles. The van der Waals surface area contributed by atoms with Crippen molar-refractivity contribution in [2.24, 2.45) is 0 Å². The van der Waals surface area contributed by atoms with E-state index in [9.17, 15) is 8.42 Å². The Morgan fingerprint density at radius 3 is 2.45 bits per heavy atom. The van der Waals surface area contributed by atoms with E-state index in [1.54, 1.807) is 19.9 Å². The van der Waals surface area contributed by atoms with Gasteiger partial charge >= 0.3 is 0 Å². The van der Waals surface area contributed by atoms with Gasteiger partial charge in [-0.1, -0.05) is 41.5 Å². The fourth-order valence-electron chi connectivity index (χ4n) is 1.68. The lowest BCUT2D eigenvalue weighted by atomic mass is 10.4. The maximum Gasteiger partial charge on any atom is 0.254 e. The molecule has 0 amide bonds. The van der Waals surface area contributed by atoms with Gasteiger partial charge in [-0.15, -0.1) is 11.3 Å². The summed E-state index contributed by atoms with van der Waals surface area (Å²) in [6.07, 6.45) is 0. The number of hydrogen-bond acceptors (Lipinski definition) is 5. The smallest absolute Gasteiger partial charge is 0.229 e. The molecule has 0 saturated carbocycles. The molecule has 0 bridgehead atoms. The first kappa shape index (κ1) is 16.2. The lowest BCUT2D eigenvalue weighted by Crippen LogP contribution is -2.30. The van der Waals surface area contributed by atoms with Gasteiger partial charge in [0, 0.05) is 18.0 Å². The minimum Gasteiger partial charge on any atom is -0.229 e. The van der Waals surface area contributed by atoms with Crippen LogP contribution in [0.15, 0.2) is 16.3 Å². The summed E-state index contributed by atoms with van der Waals surface area (Å²) in [5.41, 5.74) is 0.433. The second-order valence-corrected chi connectivity index (χ2v) is 9.49. The van der Waals surface area contributed by atoms with Gasteiger partial charge in [-0.25, -0.2) is 13.4 Å². The third-order valence-electron chi connectivity index (χ3n) is 2.62. The fraction of sp³-hybridized carbons (Fsp3) is 0.364. The van der Waals surface area contributed by atoms with Crippen molar-refractivity contribution in [2.45, 2.75) is 24.6 Å². The number of aromatic nitrogens is 1. The van der Waals surface area contributed by atoms with Gasteiger partial charge in [-0.05, 0) is 19.1 Å². The predicted molar refractivity (Wildman–Crippen MR) is 84.5 cm³/mol. The zero-order valence-electron chi connectivity index (χ0n) is 10.8. The van der Waals surface area contributed by atoms with Crippen LogP contribution in [-0.2, 0) is 16.6 Å². The van der Waals surface area contributed by atoms with Gasteiger partial charge in [-0.2, -0.15) is 4.31 Å². The Morgan fingerprint density at radius 2 is 2.00 bits per heavy atom. The molecule has 9 heteroatoms. The summed E-state index contributed by atoms with van der Waals surface area (Å²) >= 11 is 14.0. The monoisotopic (exact) mass is 370 g/mol. The van der Waals surface area contributed by atoms with E-state index < -0.39 is 10.0 Å². The molecular formula is C11H12Cl2N2O2S3. The molecule has 0 fully saturated rings. The van der Waals surface area contributed by atoms with Crippen LogP contribution in [0.25, 0.3) is 0 Å². The average Bonchev–Trinajstić information content (AvgIpc) is 2.92. The zero-order chi connectivity index (χ0) is 14.9. The summed E-state index contributed by atoms with van der Waals surface area (Å²) in [5.74, 6) is 0. The Hall–Kier alpha value is -0.180. The number of thiophene rings is 1. The van der Waals surface area contributed by atoms with Crippen LogP contribution in [0.3, 0.4) is 0 Å². The van der Waals surface area contributed by atoms with Crippen LogP contribution in [0, 0.1) is 6.92 Å². The highest BCUT2D eigenvalue weighted by molar-refractivity contribution is 7.91. The fourth-order valence-corrected chi connectivity index (χ4v) is 6.17. The molecule has 2 rings (SSSR count). The van der Waals surface area contributed by atoms with E-state index in [4.69, 9.17) is 23.2 Å². The van der Waals surface area contributed by atoms with Crippen molar-refractivity contribution >= 4 is 55.9 Å². The molecule has 0 unspecified atom stereocenters. The second-order valence-electron chi connectivity index (χ2n) is 3.98. The Labute approximate surface area is 136 Å². The van der Waals surface area contributed by atoms with E-state index in [1.165, 1.54) is 15.6 Å². The lowest BCUT2D eigenvalue weighted by molar-refractivity contribution is 0.427. The molecule has 2 aromatic rings. The van der Waals surface area contributed by atoms with Crippen LogP contribution in [0.4, 0.5) is 0 Å². The summed E-state index contributed by atoms with van der Waals surface area (Å²) in [4.78, 5) is 4.86. The molecule has 2 heterocycles. The van der Waals surface area contributed by atoms with Crippen LogP contribution in [0.2, 0.25) is 8.80 Å². The summed E-state index contributed by atoms with van der Waals surface area (Å²) in [7, 11) is -3.58. The summed E-state index contributed by atoms with van der Waals surface area (Å²) in [6, 6.07) is 3.59. The van der Waals surface area contributed by atoms with Crippen LogP contribution in [-0.4, -0.2) is 24.3 Å². The van der Waals surface area contributed by atoms with Crippen molar-refractivity contribution in [3.8, 4) is 0 Å². The zero-order valence-corrected chi connectivity index (χ0v) is 14.7. The molecule has 0 radical (unpaired) electrons. The highest BCUT2D eigenvalue weighted by Gasteiger charge is 2.28. The van der Waals surface area contributed by atoms with E-state index in [-0.39, 0.29) is 8.68 Å². The molecule has 2 aromatic heterocycles. The predicted octanol–water partition coefficient (Wildman–Crippen LogP) is 4.03. The van der Waals surface area contributed by atoms with Gasteiger partial charge < -0.3 is 0 Å². The number of thiazole rings is 1. The van der Waals surface area contributed by atoms with E-state index in [2.05, 4.69) is 4.98 Å². The van der Waals surface area contributed by atoms with Crippen LogP contribution < -0.4 is 0 Å². The van der Waals surface area contributed by atoms with Gasteiger partial charge in [0.05, 0.1) is 10.0 Å². The maximum atomic E-state index is 12.6. The first-order chi connectivity index (χ1) is 9.34. The van der Waals surface area contributed by atoms with E-state index in [0.717, 1.165) is 16.2 Å². The number of hydrogen-bond donors (Lipinski definition) is 0. The van der Waals surface area contributed by atoms with Crippen molar-refractivity contribution in [3.63, 3.8) is 0 Å². The van der Waals surface area contributed by atoms with Crippen molar-refractivity contribution in [1.29, 1.82) is 0 Å². The van der Waals surface area contributed by atoms with Gasteiger partial charge in [0.25, 0.3) is 10.0 Å². The molecule has 0 aliphatic rings. The highest BCUT2D eigenvalue weighted by Crippen LogP contribution is 2.31. The van der Waals surface area contributed by atoms with E-state index in [0.29, 0.717) is 23.1 Å². The summed E-state index contributed by atoms with van der Waals surface area (Å²) < 4.78 is 27.7. The van der Waals surface area contributed by atoms with Gasteiger partial charge in [0.1, 0.15) is 0 Å². The standard InChI is InChI=1S/C11H12Cl2N2O2S3/c1-3-15(6-8-4-5-9(12)18-8)20(16,17)10-7(2)14-11(13)19-10/h4-5H,3,6H2,1-2H3. The normalized spacial score (nSPS) is 12.2. The SMILES string of the molecule is CCN(Cc1ccc(Cl)s1)S(=O)(=O)c1sc(Cl)nc1C. The van der Waals surface area contributed by atoms with Gasteiger partial charge in [0.15, 0.2) is 8.68 Å².